The molecule has 1 saturated carbocycles. The largest absolute Gasteiger partial charge is 0.492 e. The van der Waals surface area contributed by atoms with Crippen molar-refractivity contribution in [2.75, 3.05) is 52.5 Å². The lowest BCUT2D eigenvalue weighted by Crippen LogP contribution is -2.27. The van der Waals surface area contributed by atoms with Crippen molar-refractivity contribution in [3.05, 3.63) is 95.6 Å². The minimum Gasteiger partial charge on any atom is -0.492 e. The number of hydrogen-bond acceptors (Lipinski definition) is 4. The topological polar surface area (TPSA) is 24.9 Å². The highest BCUT2D eigenvalue weighted by Gasteiger charge is 2.25. The second kappa shape index (κ2) is 16.4. The molecule has 0 aliphatic heterocycles. The fourth-order valence-corrected chi connectivity index (χ4v) is 5.99. The molecule has 4 nitrogen and oxygen atoms in total. The number of benzene rings is 3. The average Bonchev–Trinajstić information content (AvgIpc) is 3.56. The summed E-state index contributed by atoms with van der Waals surface area (Å²) in [5.74, 6) is 2.42. The number of allylic oxidation sites excluding steroid dienone is 1. The van der Waals surface area contributed by atoms with Gasteiger partial charge >= 0.3 is 0 Å². The molecule has 220 valence electrons. The standard InChI is InChI=1S/C37H50N2O2/c1-5-38(6-2)26-28-40-34-22-18-32(19-23-34)37(36(31-16-12-13-17-31)30-14-10-9-11-15-30)33-20-24-35(25-21-33)41-29-27-39(7-3)8-4/h9-11,14-15,18-25,31H,5-8,12-13,16-17,26-29H2,1-4H3. The lowest BCUT2D eigenvalue weighted by atomic mass is 9.82. The molecule has 1 fully saturated rings. The summed E-state index contributed by atoms with van der Waals surface area (Å²) in [6, 6.07) is 28.5. The van der Waals surface area contributed by atoms with E-state index in [4.69, 9.17) is 9.47 Å². The van der Waals surface area contributed by atoms with Crippen LogP contribution in [0.1, 0.15) is 70.1 Å². The van der Waals surface area contributed by atoms with Crippen LogP contribution in [0.3, 0.4) is 0 Å². The Labute approximate surface area is 249 Å². The van der Waals surface area contributed by atoms with Crippen LogP contribution in [0.25, 0.3) is 11.1 Å². The zero-order valence-electron chi connectivity index (χ0n) is 25.8. The summed E-state index contributed by atoms with van der Waals surface area (Å²) in [7, 11) is 0. The van der Waals surface area contributed by atoms with Gasteiger partial charge in [0.15, 0.2) is 0 Å². The third-order valence-electron chi connectivity index (χ3n) is 8.54. The zero-order chi connectivity index (χ0) is 28.9. The molecule has 0 atom stereocenters. The maximum absolute atomic E-state index is 6.13. The molecule has 0 bridgehead atoms. The van der Waals surface area contributed by atoms with Gasteiger partial charge in [0.1, 0.15) is 24.7 Å². The van der Waals surface area contributed by atoms with Gasteiger partial charge in [-0.2, -0.15) is 0 Å². The predicted octanol–water partition coefficient (Wildman–Crippen LogP) is 8.28. The van der Waals surface area contributed by atoms with E-state index in [1.165, 1.54) is 53.5 Å². The molecule has 0 amide bonds. The second-order valence-electron chi connectivity index (χ2n) is 10.9. The smallest absolute Gasteiger partial charge is 0.119 e. The van der Waals surface area contributed by atoms with Gasteiger partial charge in [0, 0.05) is 13.1 Å². The molecule has 1 aliphatic rings. The van der Waals surface area contributed by atoms with Crippen LogP contribution in [0.4, 0.5) is 0 Å². The van der Waals surface area contributed by atoms with Crippen LogP contribution in [0.2, 0.25) is 0 Å². The number of likely N-dealkylation sites (N-methyl/N-ethyl adjacent to an activating group) is 2. The van der Waals surface area contributed by atoms with Crippen LogP contribution in [-0.4, -0.2) is 62.3 Å². The van der Waals surface area contributed by atoms with Crippen molar-refractivity contribution in [3.63, 3.8) is 0 Å². The van der Waals surface area contributed by atoms with Gasteiger partial charge in [-0.15, -0.1) is 0 Å². The van der Waals surface area contributed by atoms with Gasteiger partial charge in [0.25, 0.3) is 0 Å². The Balaban J connectivity index is 1.65. The highest BCUT2D eigenvalue weighted by molar-refractivity contribution is 5.99. The van der Waals surface area contributed by atoms with Crippen LogP contribution in [0.5, 0.6) is 11.5 Å². The van der Waals surface area contributed by atoms with Crippen molar-refractivity contribution in [3.8, 4) is 11.5 Å². The normalized spacial score (nSPS) is 13.6. The summed E-state index contributed by atoms with van der Waals surface area (Å²) in [5, 5.41) is 0. The van der Waals surface area contributed by atoms with Crippen LogP contribution < -0.4 is 9.47 Å². The quantitative estimate of drug-likeness (QED) is 0.166. The van der Waals surface area contributed by atoms with E-state index in [-0.39, 0.29) is 0 Å². The van der Waals surface area contributed by atoms with E-state index in [0.717, 1.165) is 50.8 Å². The Morgan fingerprint density at radius 1 is 0.585 bits per heavy atom. The minimum absolute atomic E-state index is 0.558. The van der Waals surface area contributed by atoms with Crippen LogP contribution >= 0.6 is 0 Å². The van der Waals surface area contributed by atoms with Crippen molar-refractivity contribution < 1.29 is 9.47 Å². The number of hydrogen-bond donors (Lipinski definition) is 0. The summed E-state index contributed by atoms with van der Waals surface area (Å²) in [4.78, 5) is 4.78. The van der Waals surface area contributed by atoms with E-state index in [2.05, 4.69) is 116 Å². The molecule has 4 heteroatoms. The summed E-state index contributed by atoms with van der Waals surface area (Å²) in [6.45, 7) is 16.3. The fourth-order valence-electron chi connectivity index (χ4n) is 5.99. The van der Waals surface area contributed by atoms with Crippen molar-refractivity contribution in [2.24, 2.45) is 5.92 Å². The number of rotatable bonds is 16. The van der Waals surface area contributed by atoms with E-state index in [0.29, 0.717) is 19.1 Å². The van der Waals surface area contributed by atoms with Gasteiger partial charge in [0.2, 0.25) is 0 Å². The van der Waals surface area contributed by atoms with E-state index >= 15 is 0 Å². The maximum Gasteiger partial charge on any atom is 0.119 e. The molecule has 3 aromatic carbocycles. The van der Waals surface area contributed by atoms with Crippen LogP contribution in [0, 0.1) is 5.92 Å². The Hall–Kier alpha value is -3.08. The summed E-state index contributed by atoms with van der Waals surface area (Å²) in [6.07, 6.45) is 5.08. The monoisotopic (exact) mass is 554 g/mol. The molecular formula is C37H50N2O2. The van der Waals surface area contributed by atoms with E-state index in [1.807, 2.05) is 0 Å². The van der Waals surface area contributed by atoms with Gasteiger partial charge in [-0.3, -0.25) is 0 Å². The fraction of sp³-hybridized carbons (Fsp3) is 0.459. The van der Waals surface area contributed by atoms with Crippen LogP contribution in [0.15, 0.2) is 78.9 Å². The molecule has 0 radical (unpaired) electrons. The van der Waals surface area contributed by atoms with Gasteiger partial charge in [0.05, 0.1) is 0 Å². The molecule has 4 rings (SSSR count). The summed E-state index contributed by atoms with van der Waals surface area (Å²) in [5.41, 5.74) is 6.60. The van der Waals surface area contributed by atoms with Gasteiger partial charge < -0.3 is 19.3 Å². The maximum atomic E-state index is 6.13. The average molecular weight is 555 g/mol. The lowest BCUT2D eigenvalue weighted by Gasteiger charge is -2.23. The molecule has 1 aliphatic carbocycles. The minimum atomic E-state index is 0.558. The SMILES string of the molecule is CCN(CC)CCOc1ccc(C(=C(c2ccccc2)C2CCCC2)c2ccc(OCCN(CC)CC)cc2)cc1. The Morgan fingerprint density at radius 2 is 1.02 bits per heavy atom. The van der Waals surface area contributed by atoms with Crippen molar-refractivity contribution >= 4 is 11.1 Å². The Bertz CT molecular complexity index is 1110. The third-order valence-corrected chi connectivity index (χ3v) is 8.54. The summed E-state index contributed by atoms with van der Waals surface area (Å²) >= 11 is 0. The van der Waals surface area contributed by atoms with Gasteiger partial charge in [-0.1, -0.05) is 95.1 Å². The van der Waals surface area contributed by atoms with E-state index in [1.54, 1.807) is 0 Å². The zero-order valence-corrected chi connectivity index (χ0v) is 25.8. The van der Waals surface area contributed by atoms with E-state index in [9.17, 15) is 0 Å². The molecule has 0 N–H and O–H groups in total. The van der Waals surface area contributed by atoms with Crippen molar-refractivity contribution in [2.45, 2.75) is 53.4 Å². The first-order valence-corrected chi connectivity index (χ1v) is 15.9. The first-order chi connectivity index (χ1) is 20.2. The molecule has 41 heavy (non-hydrogen) atoms. The summed E-state index contributed by atoms with van der Waals surface area (Å²) < 4.78 is 12.3. The second-order valence-corrected chi connectivity index (χ2v) is 10.9. The van der Waals surface area contributed by atoms with Gasteiger partial charge in [-0.25, -0.2) is 0 Å². The van der Waals surface area contributed by atoms with Gasteiger partial charge in [-0.05, 0) is 97.0 Å². The predicted molar refractivity (Wildman–Crippen MR) is 174 cm³/mol. The van der Waals surface area contributed by atoms with Crippen LogP contribution in [-0.2, 0) is 0 Å². The van der Waals surface area contributed by atoms with Crippen molar-refractivity contribution in [1.29, 1.82) is 0 Å². The molecule has 0 unspecified atom stereocenters. The first-order valence-electron chi connectivity index (χ1n) is 15.9. The molecule has 3 aromatic rings. The highest BCUT2D eigenvalue weighted by Crippen LogP contribution is 2.43. The lowest BCUT2D eigenvalue weighted by molar-refractivity contribution is 0.223. The first kappa shape index (κ1) is 30.9. The Morgan fingerprint density at radius 3 is 1.44 bits per heavy atom. The van der Waals surface area contributed by atoms with E-state index < -0.39 is 0 Å². The highest BCUT2D eigenvalue weighted by atomic mass is 16.5. The molecule has 0 heterocycles. The Kier molecular flexibility index (Phi) is 12.3. The van der Waals surface area contributed by atoms with Crippen molar-refractivity contribution in [1.82, 2.24) is 9.80 Å². The third kappa shape index (κ3) is 8.70. The number of ether oxygens (including phenoxy) is 2. The molecule has 0 spiro atoms. The number of nitrogens with zero attached hydrogens (tertiary/aromatic N) is 2. The molecular weight excluding hydrogens is 504 g/mol. The molecule has 0 aromatic heterocycles. The molecule has 0 saturated heterocycles.